The highest BCUT2D eigenvalue weighted by Gasteiger charge is 2.31. The quantitative estimate of drug-likeness (QED) is 0.860. The van der Waals surface area contributed by atoms with E-state index < -0.39 is 0 Å². The maximum atomic E-state index is 12.3. The third-order valence-electron chi connectivity index (χ3n) is 4.75. The first-order valence-corrected chi connectivity index (χ1v) is 7.78. The summed E-state index contributed by atoms with van der Waals surface area (Å²) in [5.74, 6) is 0.115. The molecule has 0 bridgehead atoms. The lowest BCUT2D eigenvalue weighted by Crippen LogP contribution is -2.48. The number of aliphatic hydroxyl groups is 1. The zero-order valence-electron chi connectivity index (χ0n) is 13.5. The molecule has 3 heterocycles. The minimum absolute atomic E-state index is 0.101. The standard InChI is InChI=1S/C17H20N4O2/c1-10-9-21(11(2)6-15(10)22)14-7-16(23)20(3)13-5-4-12(8-18)19-17(13)14/h4-5,7,10-11,15,22H,6,9H2,1-3H3/t10-,11-,15-/m1/s1. The number of piperidine rings is 1. The van der Waals surface area contributed by atoms with Crippen LogP contribution in [0.1, 0.15) is 26.0 Å². The predicted molar refractivity (Wildman–Crippen MR) is 88.3 cm³/mol. The van der Waals surface area contributed by atoms with Crippen molar-refractivity contribution in [1.82, 2.24) is 9.55 Å². The van der Waals surface area contributed by atoms with Gasteiger partial charge in [-0.15, -0.1) is 0 Å². The van der Waals surface area contributed by atoms with Gasteiger partial charge in [0.2, 0.25) is 0 Å². The van der Waals surface area contributed by atoms with E-state index in [9.17, 15) is 9.90 Å². The summed E-state index contributed by atoms with van der Waals surface area (Å²) in [6, 6.07) is 7.12. The van der Waals surface area contributed by atoms with Crippen LogP contribution in [-0.2, 0) is 7.05 Å². The van der Waals surface area contributed by atoms with Crippen molar-refractivity contribution in [1.29, 1.82) is 5.26 Å². The minimum Gasteiger partial charge on any atom is -0.393 e. The zero-order chi connectivity index (χ0) is 16.7. The first-order valence-electron chi connectivity index (χ1n) is 7.78. The number of rotatable bonds is 1. The molecule has 1 saturated heterocycles. The SMILES string of the molecule is C[C@@H]1CN(c2cc(=O)n(C)c3ccc(C#N)nc23)[C@H](C)C[C@H]1O. The van der Waals surface area contributed by atoms with Crippen LogP contribution >= 0.6 is 0 Å². The molecule has 0 aromatic carbocycles. The van der Waals surface area contributed by atoms with Gasteiger partial charge in [-0.2, -0.15) is 5.26 Å². The van der Waals surface area contributed by atoms with Crippen molar-refractivity contribution in [3.05, 3.63) is 34.2 Å². The van der Waals surface area contributed by atoms with Gasteiger partial charge in [-0.05, 0) is 31.4 Å². The largest absolute Gasteiger partial charge is 0.393 e. The molecular formula is C17H20N4O2. The smallest absolute Gasteiger partial charge is 0.252 e. The van der Waals surface area contributed by atoms with Crippen LogP contribution in [0.15, 0.2) is 23.0 Å². The molecule has 23 heavy (non-hydrogen) atoms. The molecule has 0 aliphatic carbocycles. The summed E-state index contributed by atoms with van der Waals surface area (Å²) in [7, 11) is 1.70. The molecule has 0 radical (unpaired) electrons. The molecule has 2 aromatic rings. The Labute approximate surface area is 134 Å². The van der Waals surface area contributed by atoms with Crippen molar-refractivity contribution in [2.45, 2.75) is 32.4 Å². The topological polar surface area (TPSA) is 82.2 Å². The number of anilines is 1. The lowest BCUT2D eigenvalue weighted by atomic mass is 9.91. The molecule has 1 aliphatic rings. The molecule has 3 rings (SSSR count). The van der Waals surface area contributed by atoms with E-state index in [-0.39, 0.29) is 23.6 Å². The molecule has 6 nitrogen and oxygen atoms in total. The number of nitriles is 1. The number of hydrogen-bond donors (Lipinski definition) is 1. The first kappa shape index (κ1) is 15.5. The van der Waals surface area contributed by atoms with Crippen LogP contribution in [0.4, 0.5) is 5.69 Å². The van der Waals surface area contributed by atoms with Gasteiger partial charge in [0.05, 0.1) is 17.3 Å². The van der Waals surface area contributed by atoms with E-state index in [4.69, 9.17) is 5.26 Å². The molecule has 1 N–H and O–H groups in total. The molecule has 0 spiro atoms. The highest BCUT2D eigenvalue weighted by molar-refractivity contribution is 5.88. The number of aryl methyl sites for hydroxylation is 1. The zero-order valence-corrected chi connectivity index (χ0v) is 13.5. The molecule has 1 aliphatic heterocycles. The van der Waals surface area contributed by atoms with E-state index >= 15 is 0 Å². The Morgan fingerprint density at radius 3 is 2.83 bits per heavy atom. The fraction of sp³-hybridized carbons (Fsp3) is 0.471. The van der Waals surface area contributed by atoms with Crippen molar-refractivity contribution >= 4 is 16.7 Å². The van der Waals surface area contributed by atoms with Crippen LogP contribution in [0, 0.1) is 17.2 Å². The Balaban J connectivity index is 2.22. The van der Waals surface area contributed by atoms with E-state index in [1.807, 2.05) is 13.8 Å². The third-order valence-corrected chi connectivity index (χ3v) is 4.75. The summed E-state index contributed by atoms with van der Waals surface area (Å²) in [6.07, 6.45) is 0.317. The lowest BCUT2D eigenvalue weighted by Gasteiger charge is -2.41. The predicted octanol–water partition coefficient (Wildman–Crippen LogP) is 1.40. The van der Waals surface area contributed by atoms with Crippen LogP contribution in [0.3, 0.4) is 0 Å². The van der Waals surface area contributed by atoms with Gasteiger partial charge in [0, 0.05) is 25.7 Å². The van der Waals surface area contributed by atoms with Crippen LogP contribution in [-0.4, -0.2) is 33.3 Å². The van der Waals surface area contributed by atoms with Gasteiger partial charge < -0.3 is 14.6 Å². The van der Waals surface area contributed by atoms with Gasteiger partial charge in [0.1, 0.15) is 17.3 Å². The molecule has 3 atom stereocenters. The second-order valence-electron chi connectivity index (χ2n) is 6.38. The summed E-state index contributed by atoms with van der Waals surface area (Å²) in [5.41, 5.74) is 2.32. The summed E-state index contributed by atoms with van der Waals surface area (Å²) < 4.78 is 1.54. The fourth-order valence-corrected chi connectivity index (χ4v) is 3.25. The summed E-state index contributed by atoms with van der Waals surface area (Å²) >= 11 is 0. The Hall–Kier alpha value is -2.39. The second kappa shape index (κ2) is 5.67. The summed E-state index contributed by atoms with van der Waals surface area (Å²) in [4.78, 5) is 18.8. The number of pyridine rings is 2. The number of hydrogen-bond acceptors (Lipinski definition) is 5. The van der Waals surface area contributed by atoms with Crippen molar-refractivity contribution in [3.8, 4) is 6.07 Å². The Morgan fingerprint density at radius 2 is 2.13 bits per heavy atom. The molecule has 120 valence electrons. The van der Waals surface area contributed by atoms with Crippen LogP contribution < -0.4 is 10.5 Å². The maximum absolute atomic E-state index is 12.3. The Bertz CT molecular complexity index is 852. The van der Waals surface area contributed by atoms with E-state index in [2.05, 4.69) is 16.0 Å². The highest BCUT2D eigenvalue weighted by atomic mass is 16.3. The summed E-state index contributed by atoms with van der Waals surface area (Å²) in [6.45, 7) is 4.69. The molecule has 6 heteroatoms. The third kappa shape index (κ3) is 2.57. The second-order valence-corrected chi connectivity index (χ2v) is 6.38. The minimum atomic E-state index is -0.332. The summed E-state index contributed by atoms with van der Waals surface area (Å²) in [5, 5.41) is 19.2. The van der Waals surface area contributed by atoms with Crippen molar-refractivity contribution < 1.29 is 5.11 Å². The Morgan fingerprint density at radius 1 is 1.39 bits per heavy atom. The van der Waals surface area contributed by atoms with Gasteiger partial charge in [0.25, 0.3) is 5.56 Å². The van der Waals surface area contributed by atoms with E-state index in [0.29, 0.717) is 29.7 Å². The fourth-order valence-electron chi connectivity index (χ4n) is 3.25. The molecule has 0 amide bonds. The van der Waals surface area contributed by atoms with Crippen LogP contribution in [0.2, 0.25) is 0 Å². The van der Waals surface area contributed by atoms with Gasteiger partial charge in [-0.25, -0.2) is 4.98 Å². The number of fused-ring (bicyclic) bond motifs is 1. The maximum Gasteiger partial charge on any atom is 0.252 e. The Kier molecular flexibility index (Phi) is 3.82. The van der Waals surface area contributed by atoms with Crippen molar-refractivity contribution in [2.75, 3.05) is 11.4 Å². The highest BCUT2D eigenvalue weighted by Crippen LogP contribution is 2.31. The number of aliphatic hydroxyl groups excluding tert-OH is 1. The van der Waals surface area contributed by atoms with Crippen molar-refractivity contribution in [3.63, 3.8) is 0 Å². The molecular weight excluding hydrogens is 292 g/mol. The van der Waals surface area contributed by atoms with E-state index in [1.165, 1.54) is 0 Å². The van der Waals surface area contributed by atoms with Crippen LogP contribution in [0.5, 0.6) is 0 Å². The molecule has 0 saturated carbocycles. The molecule has 2 aromatic heterocycles. The average Bonchev–Trinajstić information content (AvgIpc) is 2.54. The van der Waals surface area contributed by atoms with E-state index in [1.54, 1.807) is 29.8 Å². The number of aromatic nitrogens is 2. The van der Waals surface area contributed by atoms with Gasteiger partial charge in [-0.1, -0.05) is 6.92 Å². The normalized spacial score (nSPS) is 24.7. The lowest BCUT2D eigenvalue weighted by molar-refractivity contribution is 0.0840. The van der Waals surface area contributed by atoms with Crippen molar-refractivity contribution in [2.24, 2.45) is 13.0 Å². The molecule has 1 fully saturated rings. The van der Waals surface area contributed by atoms with Gasteiger partial charge in [-0.3, -0.25) is 4.79 Å². The first-order chi connectivity index (χ1) is 10.9. The number of nitrogens with zero attached hydrogens (tertiary/aromatic N) is 4. The van der Waals surface area contributed by atoms with E-state index in [0.717, 1.165) is 5.69 Å². The van der Waals surface area contributed by atoms with Gasteiger partial charge in [0.15, 0.2) is 0 Å². The molecule has 0 unspecified atom stereocenters. The average molecular weight is 312 g/mol. The van der Waals surface area contributed by atoms with Gasteiger partial charge >= 0.3 is 0 Å². The van der Waals surface area contributed by atoms with Crippen LogP contribution in [0.25, 0.3) is 11.0 Å². The monoisotopic (exact) mass is 312 g/mol.